The Morgan fingerprint density at radius 2 is 1.52 bits per heavy atom. The van der Waals surface area contributed by atoms with Crippen LogP contribution in [-0.4, -0.2) is 11.8 Å². The number of halogens is 1. The van der Waals surface area contributed by atoms with Crippen molar-refractivity contribution < 1.29 is 9.59 Å². The molecule has 0 aliphatic carbocycles. The van der Waals surface area contributed by atoms with Crippen LogP contribution in [0.25, 0.3) is 0 Å². The van der Waals surface area contributed by atoms with Crippen molar-refractivity contribution in [2.45, 2.75) is 33.4 Å². The molecule has 0 bridgehead atoms. The van der Waals surface area contributed by atoms with E-state index in [2.05, 4.69) is 10.6 Å². The lowest BCUT2D eigenvalue weighted by Gasteiger charge is -2.20. The molecule has 0 spiro atoms. The highest BCUT2D eigenvalue weighted by atomic mass is 35.5. The third kappa shape index (κ3) is 6.70. The molecule has 2 rings (SSSR count). The third-order valence-electron chi connectivity index (χ3n) is 4.35. The second-order valence-corrected chi connectivity index (χ2v) is 6.78. The highest BCUT2D eigenvalue weighted by Crippen LogP contribution is 2.19. The quantitative estimate of drug-likeness (QED) is 0.675. The van der Waals surface area contributed by atoms with E-state index in [0.29, 0.717) is 6.54 Å². The summed E-state index contributed by atoms with van der Waals surface area (Å²) in [5, 5.41) is 5.76. The summed E-state index contributed by atoms with van der Waals surface area (Å²) in [7, 11) is 0. The van der Waals surface area contributed by atoms with E-state index in [1.807, 2.05) is 75.4 Å². The van der Waals surface area contributed by atoms with E-state index < -0.39 is 0 Å². The lowest BCUT2D eigenvalue weighted by molar-refractivity contribution is -0.125. The van der Waals surface area contributed by atoms with Crippen LogP contribution in [-0.2, 0) is 16.1 Å². The number of carbonyl (C=O) groups is 2. The fourth-order valence-corrected chi connectivity index (χ4v) is 2.47. The number of nitrogens with two attached hydrogens (primary N) is 1. The first-order valence-electron chi connectivity index (χ1n) is 8.86. The zero-order valence-electron chi connectivity index (χ0n) is 15.9. The summed E-state index contributed by atoms with van der Waals surface area (Å²) < 4.78 is 0. The average molecular weight is 390 g/mol. The Bertz CT molecular complexity index is 733. The Hall–Kier alpha value is -2.37. The van der Waals surface area contributed by atoms with Crippen molar-refractivity contribution in [1.29, 1.82) is 0 Å². The van der Waals surface area contributed by atoms with Crippen molar-refractivity contribution in [2.75, 3.05) is 5.32 Å². The number of hydrogen-bond acceptors (Lipinski definition) is 3. The maximum atomic E-state index is 12.4. The molecule has 0 aromatic heterocycles. The van der Waals surface area contributed by atoms with E-state index >= 15 is 0 Å². The predicted molar refractivity (Wildman–Crippen MR) is 112 cm³/mol. The number of carbonyl (C=O) groups excluding carboxylic acids is 2. The maximum Gasteiger partial charge on any atom is 0.226 e. The largest absolute Gasteiger partial charge is 0.352 e. The van der Waals surface area contributed by atoms with Crippen LogP contribution in [0.1, 0.15) is 37.9 Å². The van der Waals surface area contributed by atoms with E-state index in [9.17, 15) is 9.59 Å². The van der Waals surface area contributed by atoms with Gasteiger partial charge >= 0.3 is 0 Å². The molecule has 0 radical (unpaired) electrons. The van der Waals surface area contributed by atoms with Crippen molar-refractivity contribution >= 4 is 29.9 Å². The molecule has 0 aliphatic heterocycles. The number of hydrogen-bond donors (Lipinski definition) is 3. The van der Waals surface area contributed by atoms with Gasteiger partial charge in [0, 0.05) is 24.2 Å². The van der Waals surface area contributed by atoms with Gasteiger partial charge in [0.25, 0.3) is 0 Å². The minimum absolute atomic E-state index is 0. The third-order valence-corrected chi connectivity index (χ3v) is 4.35. The Kier molecular flexibility index (Phi) is 8.98. The molecular formula is C21H28ClN3O2. The lowest BCUT2D eigenvalue weighted by Crippen LogP contribution is -2.35. The van der Waals surface area contributed by atoms with Crippen LogP contribution in [0.4, 0.5) is 5.69 Å². The number of amides is 2. The molecule has 0 fully saturated rings. The molecular weight excluding hydrogens is 362 g/mol. The van der Waals surface area contributed by atoms with Crippen molar-refractivity contribution in [3.8, 4) is 0 Å². The lowest BCUT2D eigenvalue weighted by atomic mass is 9.94. The van der Waals surface area contributed by atoms with E-state index in [-0.39, 0.29) is 42.1 Å². The van der Waals surface area contributed by atoms with E-state index in [4.69, 9.17) is 5.73 Å². The molecule has 2 unspecified atom stereocenters. The van der Waals surface area contributed by atoms with Crippen molar-refractivity contribution in [1.82, 2.24) is 5.32 Å². The molecule has 6 heteroatoms. The summed E-state index contributed by atoms with van der Waals surface area (Å²) in [5.74, 6) is -0.500. The van der Waals surface area contributed by atoms with Crippen LogP contribution < -0.4 is 16.4 Å². The summed E-state index contributed by atoms with van der Waals surface area (Å²) in [4.78, 5) is 24.1. The van der Waals surface area contributed by atoms with Crippen LogP contribution in [0.5, 0.6) is 0 Å². The van der Waals surface area contributed by atoms with Gasteiger partial charge in [0.1, 0.15) is 0 Å². The number of nitrogens with one attached hydrogen (secondary N) is 2. The minimum atomic E-state index is -0.343. The predicted octanol–water partition coefficient (Wildman–Crippen LogP) is 3.66. The fraction of sp³-hybridized carbons (Fsp3) is 0.333. The van der Waals surface area contributed by atoms with Gasteiger partial charge in [-0.25, -0.2) is 0 Å². The molecule has 2 amide bonds. The highest BCUT2D eigenvalue weighted by Gasteiger charge is 2.21. The first-order chi connectivity index (χ1) is 12.4. The number of rotatable bonds is 7. The first-order valence-corrected chi connectivity index (χ1v) is 8.86. The molecule has 0 heterocycles. The maximum absolute atomic E-state index is 12.4. The second-order valence-electron chi connectivity index (χ2n) is 6.78. The molecule has 0 saturated heterocycles. The molecule has 4 N–H and O–H groups in total. The van der Waals surface area contributed by atoms with Gasteiger partial charge in [-0.3, -0.25) is 9.59 Å². The Morgan fingerprint density at radius 3 is 2.07 bits per heavy atom. The molecule has 2 atom stereocenters. The van der Waals surface area contributed by atoms with E-state index in [0.717, 1.165) is 16.8 Å². The number of benzene rings is 2. The second kappa shape index (κ2) is 10.7. The van der Waals surface area contributed by atoms with E-state index in [1.165, 1.54) is 0 Å². The Balaban J connectivity index is 0.00000364. The normalized spacial score (nSPS) is 12.6. The SMILES string of the molecule is CC(C)C(=O)Nc1ccc(CNC(=O)C(C)C(N)c2ccccc2)cc1.Cl. The van der Waals surface area contributed by atoms with Gasteiger partial charge in [-0.1, -0.05) is 63.2 Å². The minimum Gasteiger partial charge on any atom is -0.352 e. The topological polar surface area (TPSA) is 84.2 Å². The van der Waals surface area contributed by atoms with Gasteiger partial charge in [0.2, 0.25) is 11.8 Å². The summed E-state index contributed by atoms with van der Waals surface area (Å²) in [6.07, 6.45) is 0. The van der Waals surface area contributed by atoms with Crippen LogP contribution in [0.3, 0.4) is 0 Å². The summed E-state index contributed by atoms with van der Waals surface area (Å²) in [6.45, 7) is 5.95. The van der Waals surface area contributed by atoms with Gasteiger partial charge in [0.15, 0.2) is 0 Å². The zero-order valence-corrected chi connectivity index (χ0v) is 16.8. The van der Waals surface area contributed by atoms with Gasteiger partial charge < -0.3 is 16.4 Å². The monoisotopic (exact) mass is 389 g/mol. The average Bonchev–Trinajstić information content (AvgIpc) is 2.66. The first kappa shape index (κ1) is 22.7. The Morgan fingerprint density at radius 1 is 0.926 bits per heavy atom. The van der Waals surface area contributed by atoms with Gasteiger partial charge in [0.05, 0.1) is 5.92 Å². The zero-order chi connectivity index (χ0) is 19.1. The number of anilines is 1. The molecule has 2 aromatic rings. The summed E-state index contributed by atoms with van der Waals surface area (Å²) in [6, 6.07) is 16.7. The van der Waals surface area contributed by atoms with Crippen LogP contribution in [0.15, 0.2) is 54.6 Å². The van der Waals surface area contributed by atoms with Gasteiger partial charge in [-0.2, -0.15) is 0 Å². The summed E-state index contributed by atoms with van der Waals surface area (Å²) >= 11 is 0. The molecule has 0 aliphatic rings. The molecule has 27 heavy (non-hydrogen) atoms. The summed E-state index contributed by atoms with van der Waals surface area (Å²) in [5.41, 5.74) is 8.85. The standard InChI is InChI=1S/C21H27N3O2.ClH/c1-14(2)20(25)24-18-11-9-16(10-12-18)13-23-21(26)15(3)19(22)17-7-5-4-6-8-17;/h4-12,14-15,19H,13,22H2,1-3H3,(H,23,26)(H,24,25);1H. The molecule has 5 nitrogen and oxygen atoms in total. The fourth-order valence-electron chi connectivity index (χ4n) is 2.47. The molecule has 0 saturated carbocycles. The highest BCUT2D eigenvalue weighted by molar-refractivity contribution is 5.92. The smallest absolute Gasteiger partial charge is 0.226 e. The van der Waals surface area contributed by atoms with Crippen LogP contribution in [0, 0.1) is 11.8 Å². The van der Waals surface area contributed by atoms with Crippen LogP contribution >= 0.6 is 12.4 Å². The van der Waals surface area contributed by atoms with Gasteiger partial charge in [-0.15, -0.1) is 12.4 Å². The van der Waals surface area contributed by atoms with E-state index in [1.54, 1.807) is 0 Å². The molecule has 146 valence electrons. The van der Waals surface area contributed by atoms with Crippen LogP contribution in [0.2, 0.25) is 0 Å². The van der Waals surface area contributed by atoms with Crippen molar-refractivity contribution in [3.63, 3.8) is 0 Å². The van der Waals surface area contributed by atoms with Gasteiger partial charge in [-0.05, 0) is 23.3 Å². The Labute approximate surface area is 167 Å². The van der Waals surface area contributed by atoms with Crippen molar-refractivity contribution in [3.05, 3.63) is 65.7 Å². The van der Waals surface area contributed by atoms with Crippen molar-refractivity contribution in [2.24, 2.45) is 17.6 Å². The molecule has 2 aromatic carbocycles.